The Hall–Kier alpha value is -4.09. The zero-order chi connectivity index (χ0) is 25.2. The second-order valence-electron chi connectivity index (χ2n) is 8.47. The summed E-state index contributed by atoms with van der Waals surface area (Å²) in [6, 6.07) is 16.7. The standard InChI is InChI=1S/C25H23N5O5S/c1-16-22(30(33)34)21(27-35-16)25(32)29-13-11-28(12-14-29)23(24(31)26-17-7-3-2-4-8-17)19-15-36-20-10-6-5-9-18(19)20/h2-10,15,23H,11-14H2,1H3,(H,26,31). The first kappa shape index (κ1) is 23.6. The minimum atomic E-state index is -0.652. The quantitative estimate of drug-likeness (QED) is 0.307. The van der Waals surface area contributed by atoms with Crippen LogP contribution in [0.3, 0.4) is 0 Å². The number of thiophene rings is 1. The molecule has 36 heavy (non-hydrogen) atoms. The molecule has 10 nitrogen and oxygen atoms in total. The largest absolute Gasteiger partial charge is 0.353 e. The highest BCUT2D eigenvalue weighted by Crippen LogP contribution is 2.35. The molecular formula is C25H23N5O5S. The minimum absolute atomic E-state index is 0.0102. The topological polar surface area (TPSA) is 122 Å². The van der Waals surface area contributed by atoms with Gasteiger partial charge < -0.3 is 14.7 Å². The smallest absolute Gasteiger partial charge is 0.344 e. The highest BCUT2D eigenvalue weighted by atomic mass is 32.1. The first-order valence-corrected chi connectivity index (χ1v) is 12.3. The van der Waals surface area contributed by atoms with Crippen LogP contribution in [0, 0.1) is 17.0 Å². The van der Waals surface area contributed by atoms with Gasteiger partial charge in [0.2, 0.25) is 17.4 Å². The van der Waals surface area contributed by atoms with E-state index in [1.165, 1.54) is 11.8 Å². The lowest BCUT2D eigenvalue weighted by Crippen LogP contribution is -2.51. The number of amides is 2. The lowest BCUT2D eigenvalue weighted by molar-refractivity contribution is -0.386. The van der Waals surface area contributed by atoms with Crippen LogP contribution in [0.25, 0.3) is 10.1 Å². The molecule has 4 aromatic rings. The molecule has 1 atom stereocenters. The molecule has 1 N–H and O–H groups in total. The fourth-order valence-corrected chi connectivity index (χ4v) is 5.48. The van der Waals surface area contributed by atoms with Crippen molar-refractivity contribution >= 4 is 44.6 Å². The van der Waals surface area contributed by atoms with E-state index < -0.39 is 22.6 Å². The van der Waals surface area contributed by atoms with Crippen molar-refractivity contribution in [2.24, 2.45) is 0 Å². The molecule has 1 unspecified atom stereocenters. The van der Waals surface area contributed by atoms with Gasteiger partial charge >= 0.3 is 5.69 Å². The van der Waals surface area contributed by atoms with Gasteiger partial charge in [0.15, 0.2) is 0 Å². The van der Waals surface area contributed by atoms with Gasteiger partial charge in [0.25, 0.3) is 5.91 Å². The number of carbonyl (C=O) groups is 2. The van der Waals surface area contributed by atoms with Crippen molar-refractivity contribution in [3.63, 3.8) is 0 Å². The molecule has 2 aromatic heterocycles. The third kappa shape index (κ3) is 4.45. The van der Waals surface area contributed by atoms with E-state index in [1.54, 1.807) is 11.3 Å². The molecule has 1 fully saturated rings. The molecule has 0 radical (unpaired) electrons. The van der Waals surface area contributed by atoms with Crippen LogP contribution in [0.5, 0.6) is 0 Å². The number of carbonyl (C=O) groups excluding carboxylic acids is 2. The van der Waals surface area contributed by atoms with Crippen molar-refractivity contribution in [2.45, 2.75) is 13.0 Å². The molecule has 1 aliphatic heterocycles. The Bertz CT molecular complexity index is 1430. The zero-order valence-electron chi connectivity index (χ0n) is 19.4. The number of aryl methyl sites for hydroxylation is 1. The van der Waals surface area contributed by atoms with Gasteiger partial charge in [-0.3, -0.25) is 24.6 Å². The molecule has 11 heteroatoms. The Morgan fingerprint density at radius 2 is 1.78 bits per heavy atom. The molecule has 3 heterocycles. The summed E-state index contributed by atoms with van der Waals surface area (Å²) in [5.41, 5.74) is 0.904. The normalized spacial score (nSPS) is 15.1. The second kappa shape index (κ2) is 9.88. The number of hydrogen-bond acceptors (Lipinski definition) is 8. The Kier molecular flexibility index (Phi) is 6.49. The molecule has 2 aromatic carbocycles. The molecule has 1 saturated heterocycles. The monoisotopic (exact) mass is 505 g/mol. The Balaban J connectivity index is 1.39. The van der Waals surface area contributed by atoms with Crippen LogP contribution in [0.15, 0.2) is 64.5 Å². The highest BCUT2D eigenvalue weighted by molar-refractivity contribution is 7.17. The zero-order valence-corrected chi connectivity index (χ0v) is 20.2. The third-order valence-corrected chi connectivity index (χ3v) is 7.26. The maximum absolute atomic E-state index is 13.6. The van der Waals surface area contributed by atoms with Crippen LogP contribution in [-0.2, 0) is 4.79 Å². The summed E-state index contributed by atoms with van der Waals surface area (Å²) in [5, 5.41) is 21.1. The van der Waals surface area contributed by atoms with Crippen molar-refractivity contribution in [2.75, 3.05) is 31.5 Å². The number of nitrogens with one attached hydrogen (secondary N) is 1. The van der Waals surface area contributed by atoms with Crippen molar-refractivity contribution in [3.05, 3.63) is 87.1 Å². The van der Waals surface area contributed by atoms with E-state index in [9.17, 15) is 19.7 Å². The summed E-state index contributed by atoms with van der Waals surface area (Å²) < 4.78 is 6.00. The maximum Gasteiger partial charge on any atom is 0.344 e. The van der Waals surface area contributed by atoms with Crippen molar-refractivity contribution in [3.8, 4) is 0 Å². The number of hydrogen-bond donors (Lipinski definition) is 1. The van der Waals surface area contributed by atoms with Crippen molar-refractivity contribution in [1.29, 1.82) is 0 Å². The number of para-hydroxylation sites is 1. The van der Waals surface area contributed by atoms with Gasteiger partial charge in [0.1, 0.15) is 6.04 Å². The summed E-state index contributed by atoms with van der Waals surface area (Å²) in [6.07, 6.45) is 0. The lowest BCUT2D eigenvalue weighted by atomic mass is 10.0. The number of piperazine rings is 1. The molecule has 1 aliphatic rings. The summed E-state index contributed by atoms with van der Waals surface area (Å²) in [5.74, 6) is -0.722. The number of anilines is 1. The molecular weight excluding hydrogens is 482 g/mol. The molecule has 0 spiro atoms. The first-order valence-electron chi connectivity index (χ1n) is 11.4. The van der Waals surface area contributed by atoms with E-state index in [0.29, 0.717) is 31.9 Å². The Morgan fingerprint density at radius 3 is 2.50 bits per heavy atom. The lowest BCUT2D eigenvalue weighted by Gasteiger charge is -2.38. The summed E-state index contributed by atoms with van der Waals surface area (Å²) in [6.45, 7) is 2.81. The van der Waals surface area contributed by atoms with Crippen LogP contribution < -0.4 is 5.32 Å². The van der Waals surface area contributed by atoms with Crippen molar-refractivity contribution in [1.82, 2.24) is 15.0 Å². The van der Waals surface area contributed by atoms with Crippen molar-refractivity contribution < 1.29 is 19.0 Å². The Morgan fingerprint density at radius 1 is 1.08 bits per heavy atom. The Labute approximate surface area is 210 Å². The van der Waals surface area contributed by atoms with Crippen LogP contribution in [0.1, 0.15) is 27.9 Å². The SMILES string of the molecule is Cc1onc(C(=O)N2CCN(C(C(=O)Nc3ccccc3)c3csc4ccccc34)CC2)c1[N+](=O)[O-]. The molecule has 2 amide bonds. The van der Waals surface area contributed by atoms with E-state index >= 15 is 0 Å². The van der Waals surface area contributed by atoms with Crippen LogP contribution in [0.4, 0.5) is 11.4 Å². The van der Waals surface area contributed by atoms with Crippen LogP contribution in [-0.4, -0.2) is 57.9 Å². The van der Waals surface area contributed by atoms with Gasteiger partial charge in [-0.15, -0.1) is 11.3 Å². The number of benzene rings is 2. The van der Waals surface area contributed by atoms with Gasteiger partial charge in [0.05, 0.1) is 4.92 Å². The fraction of sp³-hybridized carbons (Fsp3) is 0.240. The number of aromatic nitrogens is 1. The third-order valence-electron chi connectivity index (χ3n) is 6.28. The number of fused-ring (bicyclic) bond motifs is 1. The molecule has 0 saturated carbocycles. The molecule has 184 valence electrons. The van der Waals surface area contributed by atoms with Gasteiger partial charge in [-0.1, -0.05) is 41.6 Å². The second-order valence-corrected chi connectivity index (χ2v) is 9.38. The number of nitrogens with zero attached hydrogens (tertiary/aromatic N) is 4. The van der Waals surface area contributed by atoms with E-state index in [4.69, 9.17) is 4.52 Å². The number of nitro groups is 1. The predicted octanol–water partition coefficient (Wildman–Crippen LogP) is 4.24. The summed E-state index contributed by atoms with van der Waals surface area (Å²) >= 11 is 1.59. The fourth-order valence-electron chi connectivity index (χ4n) is 4.50. The summed E-state index contributed by atoms with van der Waals surface area (Å²) in [4.78, 5) is 40.9. The van der Waals surface area contributed by atoms with E-state index in [-0.39, 0.29) is 17.4 Å². The van der Waals surface area contributed by atoms with Gasteiger partial charge in [-0.2, -0.15) is 0 Å². The average molecular weight is 506 g/mol. The van der Waals surface area contributed by atoms with Gasteiger partial charge in [0, 0.05) is 43.5 Å². The van der Waals surface area contributed by atoms with E-state index in [2.05, 4.69) is 10.5 Å². The summed E-state index contributed by atoms with van der Waals surface area (Å²) in [7, 11) is 0. The first-order chi connectivity index (χ1) is 17.4. The minimum Gasteiger partial charge on any atom is -0.353 e. The highest BCUT2D eigenvalue weighted by Gasteiger charge is 2.37. The predicted molar refractivity (Wildman–Crippen MR) is 135 cm³/mol. The van der Waals surface area contributed by atoms with Crippen LogP contribution in [0.2, 0.25) is 0 Å². The van der Waals surface area contributed by atoms with Crippen LogP contribution >= 0.6 is 11.3 Å². The van der Waals surface area contributed by atoms with E-state index in [1.807, 2.05) is 64.9 Å². The molecule has 5 rings (SSSR count). The van der Waals surface area contributed by atoms with Gasteiger partial charge in [-0.05, 0) is 34.5 Å². The maximum atomic E-state index is 13.6. The van der Waals surface area contributed by atoms with Gasteiger partial charge in [-0.25, -0.2) is 0 Å². The molecule has 0 bridgehead atoms. The average Bonchev–Trinajstić information content (AvgIpc) is 3.49. The number of rotatable bonds is 6. The van der Waals surface area contributed by atoms with E-state index in [0.717, 1.165) is 15.6 Å². The molecule has 0 aliphatic carbocycles.